The Balaban J connectivity index is 0.00000274. The Bertz CT molecular complexity index is 1350. The molecular weight excluding hydrogens is 468 g/mol. The summed E-state index contributed by atoms with van der Waals surface area (Å²) in [6.07, 6.45) is 4.44. The fraction of sp³-hybridized carbons (Fsp3) is 0.259. The van der Waals surface area contributed by atoms with Crippen molar-refractivity contribution in [3.8, 4) is 5.75 Å². The first-order chi connectivity index (χ1) is 16.0. The molecule has 1 aliphatic rings. The van der Waals surface area contributed by atoms with Crippen molar-refractivity contribution >= 4 is 33.4 Å². The summed E-state index contributed by atoms with van der Waals surface area (Å²) in [6, 6.07) is 24.3. The number of fused-ring (bicyclic) bond motifs is 1. The van der Waals surface area contributed by atoms with Gasteiger partial charge in [-0.3, -0.25) is 0 Å². The molecule has 5 rings (SSSR count). The van der Waals surface area contributed by atoms with Crippen LogP contribution >= 0.6 is 12.4 Å². The van der Waals surface area contributed by atoms with Gasteiger partial charge in [0.2, 0.25) is 0 Å². The second kappa shape index (κ2) is 10.2. The molecule has 1 saturated heterocycles. The Hall–Kier alpha value is -2.80. The highest BCUT2D eigenvalue weighted by Gasteiger charge is 2.24. The monoisotopic (exact) mass is 496 g/mol. The van der Waals surface area contributed by atoms with Crippen molar-refractivity contribution in [1.82, 2.24) is 9.47 Å². The van der Waals surface area contributed by atoms with E-state index in [0.29, 0.717) is 11.7 Å². The van der Waals surface area contributed by atoms with Crippen LogP contribution in [-0.4, -0.2) is 38.0 Å². The van der Waals surface area contributed by atoms with Crippen LogP contribution in [0, 0.1) is 0 Å². The highest BCUT2D eigenvalue weighted by atomic mass is 35.5. The van der Waals surface area contributed by atoms with Crippen LogP contribution in [0.25, 0.3) is 10.9 Å². The van der Waals surface area contributed by atoms with Crippen molar-refractivity contribution in [2.24, 2.45) is 0 Å². The zero-order valence-electron chi connectivity index (χ0n) is 19.1. The third-order valence-corrected chi connectivity index (χ3v) is 7.74. The van der Waals surface area contributed by atoms with Crippen molar-refractivity contribution in [2.75, 3.05) is 20.1 Å². The first kappa shape index (κ1) is 24.3. The van der Waals surface area contributed by atoms with Gasteiger partial charge >= 0.3 is 10.1 Å². The van der Waals surface area contributed by atoms with E-state index in [4.69, 9.17) is 4.18 Å². The minimum absolute atomic E-state index is 0. The van der Waals surface area contributed by atoms with Gasteiger partial charge in [-0.25, -0.2) is 0 Å². The van der Waals surface area contributed by atoms with Gasteiger partial charge in [0.25, 0.3) is 0 Å². The van der Waals surface area contributed by atoms with Crippen LogP contribution in [0.1, 0.15) is 29.9 Å². The minimum atomic E-state index is -3.88. The maximum Gasteiger partial charge on any atom is 0.339 e. The minimum Gasteiger partial charge on any atom is -0.379 e. The van der Waals surface area contributed by atoms with Crippen molar-refractivity contribution in [3.63, 3.8) is 0 Å². The standard InChI is InChI=1S/C27H28N2O3S.ClH/c1-28-16-14-22(15-17-28)26-20-29(19-21-8-4-2-5-9-21)27-13-12-23(18-25(26)27)32-33(30,31)24-10-6-3-7-11-24;/h2-13,18,20,22H,14-17,19H2,1H3;1H. The topological polar surface area (TPSA) is 51.5 Å². The van der Waals surface area contributed by atoms with Crippen molar-refractivity contribution in [3.05, 3.63) is 96.2 Å². The van der Waals surface area contributed by atoms with E-state index in [0.717, 1.165) is 43.4 Å². The van der Waals surface area contributed by atoms with E-state index in [2.05, 4.69) is 47.0 Å². The van der Waals surface area contributed by atoms with E-state index in [-0.39, 0.29) is 17.3 Å². The lowest BCUT2D eigenvalue weighted by Crippen LogP contribution is -2.29. The number of nitrogens with zero attached hydrogens (tertiary/aromatic N) is 2. The lowest BCUT2D eigenvalue weighted by molar-refractivity contribution is 0.256. The number of aromatic nitrogens is 1. The van der Waals surface area contributed by atoms with E-state index in [1.807, 2.05) is 18.2 Å². The average Bonchev–Trinajstić information content (AvgIpc) is 3.18. The molecule has 0 N–H and O–H groups in total. The van der Waals surface area contributed by atoms with E-state index in [1.165, 1.54) is 11.1 Å². The highest BCUT2D eigenvalue weighted by Crippen LogP contribution is 2.36. The van der Waals surface area contributed by atoms with Gasteiger partial charge in [-0.1, -0.05) is 48.5 Å². The Labute approximate surface area is 207 Å². The summed E-state index contributed by atoms with van der Waals surface area (Å²) in [5.74, 6) is 0.791. The Morgan fingerprint density at radius 2 is 1.56 bits per heavy atom. The molecule has 3 aromatic carbocycles. The Morgan fingerprint density at radius 1 is 0.912 bits per heavy atom. The summed E-state index contributed by atoms with van der Waals surface area (Å²) in [5, 5.41) is 1.07. The molecule has 0 saturated carbocycles. The molecule has 34 heavy (non-hydrogen) atoms. The van der Waals surface area contributed by atoms with Gasteiger partial charge < -0.3 is 13.7 Å². The second-order valence-corrected chi connectivity index (χ2v) is 10.4. The number of hydrogen-bond donors (Lipinski definition) is 0. The lowest BCUT2D eigenvalue weighted by atomic mass is 9.89. The Morgan fingerprint density at radius 3 is 2.24 bits per heavy atom. The third kappa shape index (κ3) is 5.14. The molecule has 0 radical (unpaired) electrons. The molecule has 1 aromatic heterocycles. The summed E-state index contributed by atoms with van der Waals surface area (Å²) in [4.78, 5) is 2.52. The molecule has 0 unspecified atom stereocenters. The van der Waals surface area contributed by atoms with E-state index in [1.54, 1.807) is 36.4 Å². The molecule has 4 aromatic rings. The van der Waals surface area contributed by atoms with E-state index < -0.39 is 10.1 Å². The van der Waals surface area contributed by atoms with Gasteiger partial charge in [-0.15, -0.1) is 12.4 Å². The van der Waals surface area contributed by atoms with Crippen LogP contribution in [0.5, 0.6) is 5.75 Å². The SMILES string of the molecule is CN1CCC(c2cn(Cc3ccccc3)c3ccc(OS(=O)(=O)c4ccccc4)cc23)CC1.Cl. The zero-order chi connectivity index (χ0) is 22.8. The molecule has 2 heterocycles. The zero-order valence-corrected chi connectivity index (χ0v) is 20.8. The molecule has 1 aliphatic heterocycles. The number of benzene rings is 3. The molecule has 0 spiro atoms. The summed E-state index contributed by atoms with van der Waals surface area (Å²) >= 11 is 0. The van der Waals surface area contributed by atoms with Crippen LogP contribution < -0.4 is 4.18 Å². The van der Waals surface area contributed by atoms with Gasteiger partial charge in [0, 0.05) is 23.6 Å². The summed E-state index contributed by atoms with van der Waals surface area (Å²) in [7, 11) is -1.72. The largest absolute Gasteiger partial charge is 0.379 e. The van der Waals surface area contributed by atoms with Crippen molar-refractivity contribution in [2.45, 2.75) is 30.2 Å². The molecule has 7 heteroatoms. The normalized spacial score (nSPS) is 15.2. The molecule has 178 valence electrons. The highest BCUT2D eigenvalue weighted by molar-refractivity contribution is 7.87. The van der Waals surface area contributed by atoms with Crippen LogP contribution in [-0.2, 0) is 16.7 Å². The van der Waals surface area contributed by atoms with Crippen LogP contribution in [0.4, 0.5) is 0 Å². The van der Waals surface area contributed by atoms with E-state index in [9.17, 15) is 8.42 Å². The summed E-state index contributed by atoms with van der Waals surface area (Å²) in [5.41, 5.74) is 3.60. The number of rotatable bonds is 6. The average molecular weight is 497 g/mol. The number of hydrogen-bond acceptors (Lipinski definition) is 4. The molecule has 0 amide bonds. The molecule has 0 aliphatic carbocycles. The molecule has 0 bridgehead atoms. The maximum absolute atomic E-state index is 12.8. The van der Waals surface area contributed by atoms with Gasteiger partial charge in [-0.05, 0) is 80.4 Å². The fourth-order valence-electron chi connectivity index (χ4n) is 4.67. The first-order valence-electron chi connectivity index (χ1n) is 11.3. The van der Waals surface area contributed by atoms with Gasteiger partial charge in [-0.2, -0.15) is 8.42 Å². The molecule has 1 fully saturated rings. The summed E-state index contributed by atoms with van der Waals surface area (Å²) in [6.45, 7) is 2.90. The van der Waals surface area contributed by atoms with Crippen molar-refractivity contribution in [1.29, 1.82) is 0 Å². The maximum atomic E-state index is 12.8. The smallest absolute Gasteiger partial charge is 0.339 e. The summed E-state index contributed by atoms with van der Waals surface area (Å²) < 4.78 is 33.4. The molecule has 0 atom stereocenters. The van der Waals surface area contributed by atoms with Gasteiger partial charge in [0.1, 0.15) is 10.6 Å². The van der Waals surface area contributed by atoms with Crippen molar-refractivity contribution < 1.29 is 12.6 Å². The Kier molecular flexibility index (Phi) is 7.31. The van der Waals surface area contributed by atoms with Gasteiger partial charge in [0.05, 0.1) is 0 Å². The first-order valence-corrected chi connectivity index (χ1v) is 12.8. The predicted molar refractivity (Wildman–Crippen MR) is 138 cm³/mol. The third-order valence-electron chi connectivity index (χ3n) is 6.48. The molecule has 5 nitrogen and oxygen atoms in total. The second-order valence-electron chi connectivity index (χ2n) is 8.80. The van der Waals surface area contributed by atoms with E-state index >= 15 is 0 Å². The number of piperidine rings is 1. The number of halogens is 1. The number of likely N-dealkylation sites (tertiary alicyclic amines) is 1. The van der Waals surface area contributed by atoms with Crippen LogP contribution in [0.2, 0.25) is 0 Å². The van der Waals surface area contributed by atoms with Crippen LogP contribution in [0.3, 0.4) is 0 Å². The quantitative estimate of drug-likeness (QED) is 0.322. The van der Waals surface area contributed by atoms with Crippen LogP contribution in [0.15, 0.2) is 90.0 Å². The lowest BCUT2D eigenvalue weighted by Gasteiger charge is -2.28. The molecular formula is C27H29ClN2O3S. The fourth-order valence-corrected chi connectivity index (χ4v) is 5.62. The van der Waals surface area contributed by atoms with Gasteiger partial charge in [0.15, 0.2) is 0 Å². The predicted octanol–water partition coefficient (Wildman–Crippen LogP) is 5.69.